The quantitative estimate of drug-likeness (QED) is 0.887. The molecule has 1 heterocycles. The normalized spacial score (nSPS) is 12.4. The first kappa shape index (κ1) is 13.0. The molecule has 2 N–H and O–H groups in total. The molecule has 0 radical (unpaired) electrons. The van der Waals surface area contributed by atoms with Gasteiger partial charge in [-0.05, 0) is 37.2 Å². The van der Waals surface area contributed by atoms with Gasteiger partial charge in [0, 0.05) is 4.47 Å². The maximum Gasteiger partial charge on any atom is 0.141 e. The van der Waals surface area contributed by atoms with Crippen molar-refractivity contribution in [3.63, 3.8) is 0 Å². The number of aromatic nitrogens is 3. The molecule has 0 saturated heterocycles. The highest BCUT2D eigenvalue weighted by atomic mass is 79.9. The molecule has 2 aromatic rings. The van der Waals surface area contributed by atoms with E-state index in [1.165, 1.54) is 6.33 Å². The van der Waals surface area contributed by atoms with E-state index in [-0.39, 0.29) is 6.04 Å². The fourth-order valence-corrected chi connectivity index (χ4v) is 2.25. The summed E-state index contributed by atoms with van der Waals surface area (Å²) in [5.41, 5.74) is 1.11. The summed E-state index contributed by atoms with van der Waals surface area (Å²) in [5, 5.41) is 9.98. The van der Waals surface area contributed by atoms with E-state index in [1.54, 1.807) is 7.11 Å². The van der Waals surface area contributed by atoms with Crippen LogP contribution in [-0.4, -0.2) is 29.3 Å². The van der Waals surface area contributed by atoms with Crippen molar-refractivity contribution in [2.75, 3.05) is 14.2 Å². The van der Waals surface area contributed by atoms with E-state index in [9.17, 15) is 0 Å². The monoisotopic (exact) mass is 310 g/mol. The molecular weight excluding hydrogens is 296 g/mol. The molecule has 0 amide bonds. The van der Waals surface area contributed by atoms with E-state index in [2.05, 4.69) is 42.5 Å². The fourth-order valence-electron chi connectivity index (χ4n) is 1.84. The first-order valence-corrected chi connectivity index (χ1v) is 6.39. The van der Waals surface area contributed by atoms with E-state index in [0.717, 1.165) is 28.0 Å². The van der Waals surface area contributed by atoms with Crippen LogP contribution in [0.25, 0.3) is 0 Å². The summed E-state index contributed by atoms with van der Waals surface area (Å²) < 4.78 is 6.40. The van der Waals surface area contributed by atoms with Crippen molar-refractivity contribution in [3.05, 3.63) is 40.4 Å². The van der Waals surface area contributed by atoms with Crippen molar-refractivity contribution in [2.24, 2.45) is 0 Å². The van der Waals surface area contributed by atoms with Crippen LogP contribution < -0.4 is 10.1 Å². The van der Waals surface area contributed by atoms with Gasteiger partial charge in [-0.15, -0.1) is 0 Å². The number of rotatable bonds is 5. The molecule has 0 aliphatic heterocycles. The number of halogens is 1. The van der Waals surface area contributed by atoms with Gasteiger partial charge in [-0.1, -0.05) is 15.9 Å². The zero-order valence-electron chi connectivity index (χ0n) is 10.3. The van der Waals surface area contributed by atoms with Crippen LogP contribution in [0.3, 0.4) is 0 Å². The zero-order valence-corrected chi connectivity index (χ0v) is 11.9. The number of aromatic amines is 1. The molecule has 0 aliphatic rings. The van der Waals surface area contributed by atoms with Gasteiger partial charge in [0.15, 0.2) is 0 Å². The highest BCUT2D eigenvalue weighted by Crippen LogP contribution is 2.26. The number of hydrogen-bond acceptors (Lipinski definition) is 4. The van der Waals surface area contributed by atoms with Gasteiger partial charge in [-0.25, -0.2) is 4.98 Å². The minimum Gasteiger partial charge on any atom is -0.496 e. The number of benzene rings is 1. The SMILES string of the molecule is CNC(Cc1cc(Br)ccc1OC)c1ncn[nH]1. The maximum absolute atomic E-state index is 5.37. The third-order valence-electron chi connectivity index (χ3n) is 2.78. The molecule has 1 aromatic heterocycles. The second-order valence-electron chi connectivity index (χ2n) is 3.87. The Balaban J connectivity index is 2.24. The van der Waals surface area contributed by atoms with Crippen LogP contribution in [0.2, 0.25) is 0 Å². The lowest BCUT2D eigenvalue weighted by Gasteiger charge is -2.15. The Morgan fingerprint density at radius 1 is 1.50 bits per heavy atom. The predicted molar refractivity (Wildman–Crippen MR) is 72.6 cm³/mol. The smallest absolute Gasteiger partial charge is 0.141 e. The molecule has 6 heteroatoms. The molecular formula is C12H15BrN4O. The number of ether oxygens (including phenoxy) is 1. The number of nitrogens with zero attached hydrogens (tertiary/aromatic N) is 2. The minimum absolute atomic E-state index is 0.0794. The Hall–Kier alpha value is -1.40. The number of hydrogen-bond donors (Lipinski definition) is 2. The Morgan fingerprint density at radius 2 is 2.33 bits per heavy atom. The second kappa shape index (κ2) is 5.97. The minimum atomic E-state index is 0.0794. The molecule has 1 aromatic carbocycles. The molecule has 0 bridgehead atoms. The Bertz CT molecular complexity index is 501. The Kier molecular flexibility index (Phi) is 4.33. The van der Waals surface area contributed by atoms with E-state index in [1.807, 2.05) is 19.2 Å². The molecule has 0 spiro atoms. The number of nitrogens with one attached hydrogen (secondary N) is 2. The molecule has 1 unspecified atom stereocenters. The topological polar surface area (TPSA) is 62.8 Å². The van der Waals surface area contributed by atoms with Gasteiger partial charge in [0.05, 0.1) is 13.2 Å². The van der Waals surface area contributed by atoms with Gasteiger partial charge in [0.1, 0.15) is 17.9 Å². The fraction of sp³-hybridized carbons (Fsp3) is 0.333. The molecule has 96 valence electrons. The summed E-state index contributed by atoms with van der Waals surface area (Å²) in [6.07, 6.45) is 2.28. The molecule has 1 atom stereocenters. The summed E-state index contributed by atoms with van der Waals surface area (Å²) in [7, 11) is 3.58. The summed E-state index contributed by atoms with van der Waals surface area (Å²) >= 11 is 3.47. The van der Waals surface area contributed by atoms with Crippen LogP contribution in [0.4, 0.5) is 0 Å². The third-order valence-corrected chi connectivity index (χ3v) is 3.27. The second-order valence-corrected chi connectivity index (χ2v) is 4.79. The lowest BCUT2D eigenvalue weighted by atomic mass is 10.0. The maximum atomic E-state index is 5.37. The summed E-state index contributed by atoms with van der Waals surface area (Å²) in [5.74, 6) is 1.69. The van der Waals surface area contributed by atoms with Crippen LogP contribution in [0.15, 0.2) is 29.0 Å². The molecule has 18 heavy (non-hydrogen) atoms. The summed E-state index contributed by atoms with van der Waals surface area (Å²) in [6, 6.07) is 6.05. The Labute approximate surface area is 114 Å². The zero-order chi connectivity index (χ0) is 13.0. The van der Waals surface area contributed by atoms with Gasteiger partial charge in [0.2, 0.25) is 0 Å². The number of methoxy groups -OCH3 is 1. The molecule has 5 nitrogen and oxygen atoms in total. The van der Waals surface area contributed by atoms with Crippen molar-refractivity contribution >= 4 is 15.9 Å². The van der Waals surface area contributed by atoms with Crippen LogP contribution in [0.5, 0.6) is 5.75 Å². The standard InChI is InChI=1S/C12H15BrN4O/c1-14-10(12-15-7-16-17-12)6-8-5-9(13)3-4-11(8)18-2/h3-5,7,10,14H,6H2,1-2H3,(H,15,16,17). The van der Waals surface area contributed by atoms with E-state index >= 15 is 0 Å². The number of likely N-dealkylation sites (N-methyl/N-ethyl adjacent to an activating group) is 1. The summed E-state index contributed by atoms with van der Waals surface area (Å²) in [6.45, 7) is 0. The van der Waals surface area contributed by atoms with Crippen LogP contribution in [0, 0.1) is 0 Å². The van der Waals surface area contributed by atoms with Crippen molar-refractivity contribution in [3.8, 4) is 5.75 Å². The number of H-pyrrole nitrogens is 1. The third kappa shape index (κ3) is 2.88. The van der Waals surface area contributed by atoms with Gasteiger partial charge < -0.3 is 10.1 Å². The first-order chi connectivity index (χ1) is 8.74. The highest BCUT2D eigenvalue weighted by Gasteiger charge is 2.15. The van der Waals surface area contributed by atoms with Gasteiger partial charge in [-0.3, -0.25) is 5.10 Å². The predicted octanol–water partition coefficient (Wildman–Crippen LogP) is 2.08. The molecule has 0 aliphatic carbocycles. The lowest BCUT2D eigenvalue weighted by Crippen LogP contribution is -2.20. The van der Waals surface area contributed by atoms with Gasteiger partial charge in [-0.2, -0.15) is 5.10 Å². The van der Waals surface area contributed by atoms with Crippen LogP contribution in [-0.2, 0) is 6.42 Å². The lowest BCUT2D eigenvalue weighted by molar-refractivity contribution is 0.405. The van der Waals surface area contributed by atoms with Crippen LogP contribution >= 0.6 is 15.9 Å². The van der Waals surface area contributed by atoms with Gasteiger partial charge >= 0.3 is 0 Å². The van der Waals surface area contributed by atoms with Crippen molar-refractivity contribution in [2.45, 2.75) is 12.5 Å². The molecule has 0 saturated carbocycles. The highest BCUT2D eigenvalue weighted by molar-refractivity contribution is 9.10. The molecule has 2 rings (SSSR count). The average molecular weight is 311 g/mol. The van der Waals surface area contributed by atoms with E-state index in [0.29, 0.717) is 0 Å². The van der Waals surface area contributed by atoms with Gasteiger partial charge in [0.25, 0.3) is 0 Å². The largest absolute Gasteiger partial charge is 0.496 e. The molecule has 0 fully saturated rings. The van der Waals surface area contributed by atoms with Crippen LogP contribution in [0.1, 0.15) is 17.4 Å². The van der Waals surface area contributed by atoms with Crippen molar-refractivity contribution < 1.29 is 4.74 Å². The average Bonchev–Trinajstić information content (AvgIpc) is 2.90. The van der Waals surface area contributed by atoms with Crippen molar-refractivity contribution in [1.82, 2.24) is 20.5 Å². The van der Waals surface area contributed by atoms with E-state index in [4.69, 9.17) is 4.74 Å². The summed E-state index contributed by atoms with van der Waals surface area (Å²) in [4.78, 5) is 4.18. The van der Waals surface area contributed by atoms with Crippen molar-refractivity contribution in [1.29, 1.82) is 0 Å². The first-order valence-electron chi connectivity index (χ1n) is 5.59. The Morgan fingerprint density at radius 3 is 2.94 bits per heavy atom. The van der Waals surface area contributed by atoms with E-state index < -0.39 is 0 Å².